The summed E-state index contributed by atoms with van der Waals surface area (Å²) in [5, 5.41) is 4.41. The first-order chi connectivity index (χ1) is 10.1. The van der Waals surface area contributed by atoms with Crippen molar-refractivity contribution in [2.45, 2.75) is 46.2 Å². The summed E-state index contributed by atoms with van der Waals surface area (Å²) in [6.07, 6.45) is 6.74. The van der Waals surface area contributed by atoms with Gasteiger partial charge < -0.3 is 9.88 Å². The van der Waals surface area contributed by atoms with Gasteiger partial charge in [-0.05, 0) is 48.7 Å². The smallest absolute Gasteiger partial charge is 0.0485 e. The quantitative estimate of drug-likeness (QED) is 0.766. The lowest BCUT2D eigenvalue weighted by atomic mass is 10.1. The zero-order chi connectivity index (χ0) is 15.2. The Morgan fingerprint density at radius 2 is 2.05 bits per heavy atom. The molecule has 2 aromatic rings. The highest BCUT2D eigenvalue weighted by Gasteiger charge is 2.11. The third-order valence-electron chi connectivity index (χ3n) is 3.77. The molecule has 0 aliphatic heterocycles. The van der Waals surface area contributed by atoms with Crippen LogP contribution in [0.3, 0.4) is 0 Å². The first-order valence-corrected chi connectivity index (χ1v) is 8.16. The van der Waals surface area contributed by atoms with Crippen LogP contribution < -0.4 is 5.32 Å². The fourth-order valence-corrected chi connectivity index (χ4v) is 2.96. The number of nitrogens with zero attached hydrogens (tertiary/aromatic N) is 1. The van der Waals surface area contributed by atoms with Crippen LogP contribution in [0.4, 0.5) is 0 Å². The summed E-state index contributed by atoms with van der Waals surface area (Å²) in [5.74, 6) is 0. The van der Waals surface area contributed by atoms with Crippen molar-refractivity contribution in [1.29, 1.82) is 0 Å². The summed E-state index contributed by atoms with van der Waals surface area (Å²) >= 11 is 6.32. The van der Waals surface area contributed by atoms with Gasteiger partial charge in [0.05, 0.1) is 0 Å². The second kappa shape index (κ2) is 7.67. The second-order valence-electron chi connectivity index (χ2n) is 5.61. The maximum atomic E-state index is 6.32. The van der Waals surface area contributed by atoms with Gasteiger partial charge in [-0.25, -0.2) is 0 Å². The van der Waals surface area contributed by atoms with E-state index in [-0.39, 0.29) is 0 Å². The van der Waals surface area contributed by atoms with Gasteiger partial charge in [-0.1, -0.05) is 44.0 Å². The average Bonchev–Trinajstić information content (AvgIpc) is 2.90. The predicted octanol–water partition coefficient (Wildman–Crippen LogP) is 4.95. The van der Waals surface area contributed by atoms with Gasteiger partial charge >= 0.3 is 0 Å². The van der Waals surface area contributed by atoms with E-state index in [2.05, 4.69) is 61.2 Å². The topological polar surface area (TPSA) is 17.0 Å². The Bertz CT molecular complexity index is 568. The third kappa shape index (κ3) is 4.36. The fraction of sp³-hybridized carbons (Fsp3) is 0.444. The van der Waals surface area contributed by atoms with Gasteiger partial charge in [0.15, 0.2) is 0 Å². The van der Waals surface area contributed by atoms with Crippen molar-refractivity contribution < 1.29 is 0 Å². The number of hydrogen-bond donors (Lipinski definition) is 1. The van der Waals surface area contributed by atoms with Gasteiger partial charge in [-0.15, -0.1) is 0 Å². The van der Waals surface area contributed by atoms with Crippen LogP contribution in [0.2, 0.25) is 5.02 Å². The highest BCUT2D eigenvalue weighted by Crippen LogP contribution is 2.22. The zero-order valence-corrected chi connectivity index (χ0v) is 14.0. The zero-order valence-electron chi connectivity index (χ0n) is 13.2. The summed E-state index contributed by atoms with van der Waals surface area (Å²) in [7, 11) is 0. The van der Waals surface area contributed by atoms with Crippen LogP contribution in [-0.4, -0.2) is 11.1 Å². The maximum Gasteiger partial charge on any atom is 0.0485 e. The van der Waals surface area contributed by atoms with E-state index < -0.39 is 0 Å². The van der Waals surface area contributed by atoms with E-state index in [1.54, 1.807) is 0 Å². The summed E-state index contributed by atoms with van der Waals surface area (Å²) in [6, 6.07) is 8.93. The Hall–Kier alpha value is -1.25. The summed E-state index contributed by atoms with van der Waals surface area (Å²) in [5.41, 5.74) is 3.73. The van der Waals surface area contributed by atoms with E-state index in [4.69, 9.17) is 11.6 Å². The van der Waals surface area contributed by atoms with E-state index in [0.717, 1.165) is 18.1 Å². The van der Waals surface area contributed by atoms with Gasteiger partial charge in [0.2, 0.25) is 0 Å². The SMILES string of the molecule is CCCC(NCC)c1ccn(Cc2ccc(C)cc2Cl)c1. The lowest BCUT2D eigenvalue weighted by Gasteiger charge is -2.15. The molecule has 1 unspecified atom stereocenters. The molecule has 1 heterocycles. The molecule has 1 N–H and O–H groups in total. The van der Waals surface area contributed by atoms with E-state index in [9.17, 15) is 0 Å². The minimum absolute atomic E-state index is 0.453. The maximum absolute atomic E-state index is 6.32. The van der Waals surface area contributed by atoms with Crippen LogP contribution >= 0.6 is 11.6 Å². The summed E-state index contributed by atoms with van der Waals surface area (Å²) < 4.78 is 2.21. The molecule has 0 spiro atoms. The van der Waals surface area contributed by atoms with E-state index in [1.807, 2.05) is 6.07 Å². The molecule has 3 heteroatoms. The third-order valence-corrected chi connectivity index (χ3v) is 4.12. The lowest BCUT2D eigenvalue weighted by molar-refractivity contribution is 0.508. The molecule has 0 radical (unpaired) electrons. The molecule has 114 valence electrons. The van der Waals surface area contributed by atoms with Gasteiger partial charge in [0.1, 0.15) is 0 Å². The van der Waals surface area contributed by atoms with Crippen molar-refractivity contribution in [3.8, 4) is 0 Å². The number of aryl methyl sites for hydroxylation is 1. The van der Waals surface area contributed by atoms with Gasteiger partial charge in [0, 0.05) is 30.0 Å². The van der Waals surface area contributed by atoms with Crippen LogP contribution in [0.25, 0.3) is 0 Å². The number of hydrogen-bond acceptors (Lipinski definition) is 1. The van der Waals surface area contributed by atoms with Crippen molar-refractivity contribution in [2.75, 3.05) is 6.54 Å². The molecule has 1 aromatic carbocycles. The molecule has 2 rings (SSSR count). The Balaban J connectivity index is 2.11. The number of nitrogens with one attached hydrogen (secondary N) is 1. The molecular weight excluding hydrogens is 280 g/mol. The van der Waals surface area contributed by atoms with Crippen LogP contribution in [0.15, 0.2) is 36.7 Å². The monoisotopic (exact) mass is 304 g/mol. The van der Waals surface area contributed by atoms with Gasteiger partial charge in [-0.3, -0.25) is 0 Å². The molecule has 21 heavy (non-hydrogen) atoms. The first kappa shape index (κ1) is 16.1. The van der Waals surface area contributed by atoms with Crippen molar-refractivity contribution in [3.05, 3.63) is 58.4 Å². The van der Waals surface area contributed by atoms with Crippen molar-refractivity contribution in [1.82, 2.24) is 9.88 Å². The van der Waals surface area contributed by atoms with Crippen LogP contribution in [0.1, 0.15) is 49.4 Å². The van der Waals surface area contributed by atoms with Crippen molar-refractivity contribution >= 4 is 11.6 Å². The van der Waals surface area contributed by atoms with Crippen LogP contribution in [0, 0.1) is 6.92 Å². The highest BCUT2D eigenvalue weighted by atomic mass is 35.5. The fourth-order valence-electron chi connectivity index (χ4n) is 2.66. The number of benzene rings is 1. The lowest BCUT2D eigenvalue weighted by Crippen LogP contribution is -2.20. The second-order valence-corrected chi connectivity index (χ2v) is 6.02. The number of halogens is 1. The molecule has 0 saturated carbocycles. The van der Waals surface area contributed by atoms with E-state index >= 15 is 0 Å². The molecule has 0 saturated heterocycles. The van der Waals surface area contributed by atoms with Crippen LogP contribution in [0.5, 0.6) is 0 Å². The molecule has 0 bridgehead atoms. The summed E-state index contributed by atoms with van der Waals surface area (Å²) in [4.78, 5) is 0. The van der Waals surface area contributed by atoms with Gasteiger partial charge in [0.25, 0.3) is 0 Å². The number of rotatable bonds is 7. The van der Waals surface area contributed by atoms with Crippen molar-refractivity contribution in [3.63, 3.8) is 0 Å². The minimum atomic E-state index is 0.453. The summed E-state index contributed by atoms with van der Waals surface area (Å²) in [6.45, 7) is 8.28. The van der Waals surface area contributed by atoms with Crippen LogP contribution in [-0.2, 0) is 6.54 Å². The van der Waals surface area contributed by atoms with Gasteiger partial charge in [-0.2, -0.15) is 0 Å². The normalized spacial score (nSPS) is 12.6. The predicted molar refractivity (Wildman–Crippen MR) is 91.0 cm³/mol. The molecular formula is C18H25ClN2. The largest absolute Gasteiger partial charge is 0.350 e. The molecule has 0 amide bonds. The Kier molecular flexibility index (Phi) is 5.89. The standard InChI is InChI=1S/C18H25ClN2/c1-4-6-18(20-5-2)16-9-10-21(13-16)12-15-8-7-14(3)11-17(15)19/h7-11,13,18,20H,4-6,12H2,1-3H3. The average molecular weight is 305 g/mol. The van der Waals surface area contributed by atoms with E-state index in [1.165, 1.54) is 29.5 Å². The number of aromatic nitrogens is 1. The molecule has 1 atom stereocenters. The minimum Gasteiger partial charge on any atom is -0.350 e. The Labute approximate surface area is 133 Å². The Morgan fingerprint density at radius 1 is 1.24 bits per heavy atom. The highest BCUT2D eigenvalue weighted by molar-refractivity contribution is 6.31. The van der Waals surface area contributed by atoms with Crippen molar-refractivity contribution in [2.24, 2.45) is 0 Å². The first-order valence-electron chi connectivity index (χ1n) is 7.78. The molecule has 2 nitrogen and oxygen atoms in total. The molecule has 0 aliphatic carbocycles. The molecule has 1 aromatic heterocycles. The van der Waals surface area contributed by atoms with E-state index in [0.29, 0.717) is 6.04 Å². The molecule has 0 aliphatic rings. The Morgan fingerprint density at radius 3 is 2.71 bits per heavy atom. The molecule has 0 fully saturated rings.